The number of hydrogen-bond donors (Lipinski definition) is 3. The quantitative estimate of drug-likeness (QED) is 0.436. The van der Waals surface area contributed by atoms with Crippen LogP contribution in [0.25, 0.3) is 0 Å². The monoisotopic (exact) mass is 360 g/mol. The number of nitrogen functional groups attached to an aromatic ring is 1. The van der Waals surface area contributed by atoms with Gasteiger partial charge in [0, 0.05) is 31.4 Å². The Hall–Kier alpha value is -1.31. The lowest BCUT2D eigenvalue weighted by Crippen LogP contribution is -2.06. The number of benzene rings is 1. The SMILES string of the molecule is Nc1cc(I)c(F)cc1NCCCc1ncc[nH]1. The third-order valence-corrected chi connectivity index (χ3v) is 3.38. The molecule has 0 fully saturated rings. The van der Waals surface area contributed by atoms with Crippen molar-refractivity contribution in [1.82, 2.24) is 9.97 Å². The predicted octanol–water partition coefficient (Wildman–Crippen LogP) is 2.78. The van der Waals surface area contributed by atoms with E-state index in [0.717, 1.165) is 25.2 Å². The van der Waals surface area contributed by atoms with Gasteiger partial charge in [0.05, 0.1) is 14.9 Å². The van der Waals surface area contributed by atoms with E-state index < -0.39 is 0 Å². The van der Waals surface area contributed by atoms with Crippen LogP contribution in [0.5, 0.6) is 0 Å². The van der Waals surface area contributed by atoms with Gasteiger partial charge in [-0.05, 0) is 35.1 Å². The van der Waals surface area contributed by atoms with E-state index in [2.05, 4.69) is 15.3 Å². The third-order valence-electron chi connectivity index (χ3n) is 2.55. The Kier molecular flexibility index (Phi) is 4.40. The summed E-state index contributed by atoms with van der Waals surface area (Å²) in [6.45, 7) is 0.727. The van der Waals surface area contributed by atoms with E-state index in [4.69, 9.17) is 5.73 Å². The number of anilines is 2. The zero-order valence-electron chi connectivity index (χ0n) is 9.71. The molecular weight excluding hydrogens is 346 g/mol. The number of nitrogens with two attached hydrogens (primary N) is 1. The minimum Gasteiger partial charge on any atom is -0.397 e. The lowest BCUT2D eigenvalue weighted by molar-refractivity contribution is 0.621. The van der Waals surface area contributed by atoms with Gasteiger partial charge in [0.15, 0.2) is 0 Å². The summed E-state index contributed by atoms with van der Waals surface area (Å²) in [4.78, 5) is 7.17. The number of aryl methyl sites for hydroxylation is 1. The van der Waals surface area contributed by atoms with E-state index in [1.807, 2.05) is 22.6 Å². The van der Waals surface area contributed by atoms with Crippen molar-refractivity contribution in [1.29, 1.82) is 0 Å². The van der Waals surface area contributed by atoms with Crippen LogP contribution >= 0.6 is 22.6 Å². The fourth-order valence-electron chi connectivity index (χ4n) is 1.63. The normalized spacial score (nSPS) is 10.6. The number of aromatic amines is 1. The van der Waals surface area contributed by atoms with Crippen molar-refractivity contribution in [3.05, 3.63) is 39.7 Å². The molecule has 4 nitrogen and oxygen atoms in total. The van der Waals surface area contributed by atoms with E-state index in [-0.39, 0.29) is 5.82 Å². The Morgan fingerprint density at radius 1 is 1.44 bits per heavy atom. The summed E-state index contributed by atoms with van der Waals surface area (Å²) in [7, 11) is 0. The maximum Gasteiger partial charge on any atom is 0.138 e. The summed E-state index contributed by atoms with van der Waals surface area (Å²) in [5.41, 5.74) is 7.03. The highest BCUT2D eigenvalue weighted by Crippen LogP contribution is 2.23. The highest BCUT2D eigenvalue weighted by Gasteiger charge is 2.05. The van der Waals surface area contributed by atoms with Gasteiger partial charge in [-0.1, -0.05) is 0 Å². The van der Waals surface area contributed by atoms with Crippen LogP contribution < -0.4 is 11.1 Å². The molecule has 0 aliphatic heterocycles. The third kappa shape index (κ3) is 3.34. The number of H-pyrrole nitrogens is 1. The van der Waals surface area contributed by atoms with Gasteiger partial charge in [-0.15, -0.1) is 0 Å². The molecule has 0 atom stereocenters. The minimum atomic E-state index is -0.252. The first-order chi connectivity index (χ1) is 8.66. The molecule has 0 aliphatic carbocycles. The van der Waals surface area contributed by atoms with Crippen molar-refractivity contribution in [3.63, 3.8) is 0 Å². The summed E-state index contributed by atoms with van der Waals surface area (Å²) in [5.74, 6) is 0.705. The van der Waals surface area contributed by atoms with E-state index in [0.29, 0.717) is 14.9 Å². The van der Waals surface area contributed by atoms with Crippen LogP contribution in [0.4, 0.5) is 15.8 Å². The average molecular weight is 360 g/mol. The summed E-state index contributed by atoms with van der Waals surface area (Å²) < 4.78 is 13.9. The smallest absolute Gasteiger partial charge is 0.138 e. The molecule has 2 aromatic rings. The second-order valence-electron chi connectivity index (χ2n) is 3.92. The molecule has 96 valence electrons. The lowest BCUT2D eigenvalue weighted by atomic mass is 10.2. The molecule has 0 aliphatic rings. The molecular formula is C12H14FIN4. The largest absolute Gasteiger partial charge is 0.397 e. The number of imidazole rings is 1. The first kappa shape index (κ1) is 13.1. The van der Waals surface area contributed by atoms with Crippen molar-refractivity contribution in [2.45, 2.75) is 12.8 Å². The Morgan fingerprint density at radius 2 is 2.28 bits per heavy atom. The Morgan fingerprint density at radius 3 is 3.00 bits per heavy atom. The molecule has 0 radical (unpaired) electrons. The van der Waals surface area contributed by atoms with Gasteiger partial charge in [-0.25, -0.2) is 9.37 Å². The number of nitrogens with zero attached hydrogens (tertiary/aromatic N) is 1. The molecule has 0 spiro atoms. The molecule has 0 saturated carbocycles. The Bertz CT molecular complexity index is 513. The fourth-order valence-corrected chi connectivity index (χ4v) is 2.12. The summed E-state index contributed by atoms with van der Waals surface area (Å²) in [6, 6.07) is 3.06. The molecule has 0 saturated heterocycles. The minimum absolute atomic E-state index is 0.252. The van der Waals surface area contributed by atoms with Crippen LogP contribution in [0, 0.1) is 9.39 Å². The highest BCUT2D eigenvalue weighted by molar-refractivity contribution is 14.1. The summed E-state index contributed by atoms with van der Waals surface area (Å²) in [6.07, 6.45) is 5.29. The highest BCUT2D eigenvalue weighted by atomic mass is 127. The predicted molar refractivity (Wildman–Crippen MR) is 78.9 cm³/mol. The second kappa shape index (κ2) is 6.03. The first-order valence-corrected chi connectivity index (χ1v) is 6.71. The lowest BCUT2D eigenvalue weighted by Gasteiger charge is -2.09. The number of rotatable bonds is 5. The van der Waals surface area contributed by atoms with Crippen molar-refractivity contribution < 1.29 is 4.39 Å². The molecule has 0 bridgehead atoms. The van der Waals surface area contributed by atoms with Crippen molar-refractivity contribution in [2.24, 2.45) is 0 Å². The molecule has 6 heteroatoms. The van der Waals surface area contributed by atoms with Gasteiger partial charge in [0.1, 0.15) is 11.6 Å². The summed E-state index contributed by atoms with van der Waals surface area (Å²) in [5, 5.41) is 3.13. The van der Waals surface area contributed by atoms with Gasteiger partial charge < -0.3 is 16.0 Å². The molecule has 2 rings (SSSR count). The van der Waals surface area contributed by atoms with E-state index >= 15 is 0 Å². The zero-order chi connectivity index (χ0) is 13.0. The van der Waals surface area contributed by atoms with E-state index in [1.165, 1.54) is 6.07 Å². The number of halogens is 2. The maximum absolute atomic E-state index is 13.4. The van der Waals surface area contributed by atoms with E-state index in [9.17, 15) is 4.39 Å². The van der Waals surface area contributed by atoms with Crippen molar-refractivity contribution >= 4 is 34.0 Å². The topological polar surface area (TPSA) is 66.7 Å². The number of hydrogen-bond acceptors (Lipinski definition) is 3. The fraction of sp³-hybridized carbons (Fsp3) is 0.250. The molecule has 1 aromatic carbocycles. The van der Waals surface area contributed by atoms with Crippen molar-refractivity contribution in [2.75, 3.05) is 17.6 Å². The van der Waals surface area contributed by atoms with Gasteiger partial charge in [-0.2, -0.15) is 0 Å². The Balaban J connectivity index is 1.85. The number of aromatic nitrogens is 2. The van der Waals surface area contributed by atoms with E-state index in [1.54, 1.807) is 18.5 Å². The molecule has 0 unspecified atom stereocenters. The second-order valence-corrected chi connectivity index (χ2v) is 5.08. The van der Waals surface area contributed by atoms with Crippen LogP contribution in [0.1, 0.15) is 12.2 Å². The standard InChI is InChI=1S/C12H14FIN4/c13-8-6-11(10(15)7-9(8)14)16-3-1-2-12-17-4-5-18-12/h4-7,16H,1-3,15H2,(H,17,18). The van der Waals surface area contributed by atoms with Crippen LogP contribution in [-0.4, -0.2) is 16.5 Å². The zero-order valence-corrected chi connectivity index (χ0v) is 11.9. The molecule has 1 aromatic heterocycles. The molecule has 1 heterocycles. The van der Waals surface area contributed by atoms with Crippen LogP contribution in [0.15, 0.2) is 24.5 Å². The Labute approximate surface area is 118 Å². The summed E-state index contributed by atoms with van der Waals surface area (Å²) >= 11 is 1.92. The average Bonchev–Trinajstić information content (AvgIpc) is 2.84. The first-order valence-electron chi connectivity index (χ1n) is 5.63. The maximum atomic E-state index is 13.4. The number of nitrogens with one attached hydrogen (secondary N) is 2. The van der Waals surface area contributed by atoms with Gasteiger partial charge in [-0.3, -0.25) is 0 Å². The van der Waals surface area contributed by atoms with Crippen LogP contribution in [0.3, 0.4) is 0 Å². The van der Waals surface area contributed by atoms with Crippen LogP contribution in [-0.2, 0) is 6.42 Å². The van der Waals surface area contributed by atoms with Gasteiger partial charge in [0.25, 0.3) is 0 Å². The molecule has 0 amide bonds. The van der Waals surface area contributed by atoms with Crippen LogP contribution in [0.2, 0.25) is 0 Å². The molecule has 4 N–H and O–H groups in total. The van der Waals surface area contributed by atoms with Crippen molar-refractivity contribution in [3.8, 4) is 0 Å². The molecule has 18 heavy (non-hydrogen) atoms. The van der Waals surface area contributed by atoms with Gasteiger partial charge >= 0.3 is 0 Å². The van der Waals surface area contributed by atoms with Gasteiger partial charge in [0.2, 0.25) is 0 Å².